The number of nitrogens with zero attached hydrogens (tertiary/aromatic N) is 1. The van der Waals surface area contributed by atoms with Gasteiger partial charge >= 0.3 is 5.97 Å². The van der Waals surface area contributed by atoms with Crippen molar-refractivity contribution in [1.82, 2.24) is 0 Å². The molecular formula is C12H10ClF2NO3. The van der Waals surface area contributed by atoms with E-state index in [1.165, 1.54) is 0 Å². The van der Waals surface area contributed by atoms with Crippen molar-refractivity contribution in [3.8, 4) is 0 Å². The smallest absolute Gasteiger partial charge is 0.340 e. The van der Waals surface area contributed by atoms with E-state index >= 15 is 0 Å². The van der Waals surface area contributed by atoms with E-state index in [1.54, 1.807) is 0 Å². The third kappa shape index (κ3) is 2.53. The van der Waals surface area contributed by atoms with Gasteiger partial charge in [-0.05, 0) is 6.07 Å². The molecule has 7 heteroatoms. The van der Waals surface area contributed by atoms with E-state index in [-0.39, 0.29) is 24.6 Å². The van der Waals surface area contributed by atoms with E-state index in [4.69, 9.17) is 11.6 Å². The first-order chi connectivity index (χ1) is 8.93. The van der Waals surface area contributed by atoms with Gasteiger partial charge in [0.25, 0.3) is 0 Å². The fourth-order valence-corrected chi connectivity index (χ4v) is 2.18. The summed E-state index contributed by atoms with van der Waals surface area (Å²) in [4.78, 5) is 24.1. The molecule has 1 heterocycles. The maximum Gasteiger partial charge on any atom is 0.340 e. The number of carbonyl (C=O) groups excluding carboxylic acids is 2. The number of hydrogen-bond donors (Lipinski definition) is 0. The van der Waals surface area contributed by atoms with E-state index in [0.29, 0.717) is 6.07 Å². The Balaban J connectivity index is 2.46. The van der Waals surface area contributed by atoms with Gasteiger partial charge in [-0.2, -0.15) is 0 Å². The van der Waals surface area contributed by atoms with Crippen molar-refractivity contribution in [1.29, 1.82) is 0 Å². The Hall–Kier alpha value is -1.69. The summed E-state index contributed by atoms with van der Waals surface area (Å²) in [6, 6.07) is 1.51. The minimum atomic E-state index is -1.04. The van der Waals surface area contributed by atoms with Gasteiger partial charge in [0.1, 0.15) is 11.6 Å². The molecule has 0 N–H and O–H groups in total. The molecule has 2 rings (SSSR count). The van der Waals surface area contributed by atoms with Gasteiger partial charge in [-0.3, -0.25) is 4.79 Å². The number of carbonyl (C=O) groups is 2. The van der Waals surface area contributed by atoms with Crippen molar-refractivity contribution in [2.45, 2.75) is 11.8 Å². The average molecular weight is 290 g/mol. The zero-order valence-corrected chi connectivity index (χ0v) is 10.7. The summed E-state index contributed by atoms with van der Waals surface area (Å²) < 4.78 is 31.6. The number of ether oxygens (including phenoxy) is 1. The van der Waals surface area contributed by atoms with Crippen LogP contribution in [0.25, 0.3) is 0 Å². The molecule has 102 valence electrons. The molecule has 1 aliphatic rings. The van der Waals surface area contributed by atoms with Crippen LogP contribution in [0.3, 0.4) is 0 Å². The number of hydrogen-bond acceptors (Lipinski definition) is 3. The molecule has 1 aliphatic heterocycles. The highest BCUT2D eigenvalue weighted by molar-refractivity contribution is 6.24. The number of anilines is 1. The fraction of sp³-hybridized carbons (Fsp3) is 0.333. The standard InChI is InChI=1S/C12H10ClF2NO3/c1-19-12(18)7-3-10(9(15)4-8(7)14)16-5-6(13)2-11(16)17/h3-4,6H,2,5H2,1H3. The first-order valence-corrected chi connectivity index (χ1v) is 5.89. The number of amides is 1. The van der Waals surface area contributed by atoms with Crippen LogP contribution in [0.2, 0.25) is 0 Å². The van der Waals surface area contributed by atoms with E-state index in [9.17, 15) is 18.4 Å². The monoisotopic (exact) mass is 289 g/mol. The average Bonchev–Trinajstić information content (AvgIpc) is 2.67. The van der Waals surface area contributed by atoms with Crippen LogP contribution < -0.4 is 4.90 Å². The zero-order valence-electron chi connectivity index (χ0n) is 9.95. The highest BCUT2D eigenvalue weighted by atomic mass is 35.5. The second-order valence-corrected chi connectivity index (χ2v) is 4.70. The largest absolute Gasteiger partial charge is 0.465 e. The highest BCUT2D eigenvalue weighted by Gasteiger charge is 2.32. The summed E-state index contributed by atoms with van der Waals surface area (Å²) >= 11 is 5.81. The molecule has 0 spiro atoms. The molecule has 1 saturated heterocycles. The van der Waals surface area contributed by atoms with Crippen LogP contribution in [-0.2, 0) is 9.53 Å². The van der Waals surface area contributed by atoms with Crippen LogP contribution in [0.1, 0.15) is 16.8 Å². The Morgan fingerprint density at radius 3 is 2.63 bits per heavy atom. The molecule has 4 nitrogen and oxygen atoms in total. The first kappa shape index (κ1) is 13.7. The molecular weight excluding hydrogens is 280 g/mol. The van der Waals surface area contributed by atoms with Gasteiger partial charge in [-0.25, -0.2) is 13.6 Å². The number of esters is 1. The second kappa shape index (κ2) is 5.13. The maximum absolute atomic E-state index is 13.7. The Morgan fingerprint density at radius 2 is 2.11 bits per heavy atom. The van der Waals surface area contributed by atoms with Crippen LogP contribution in [0.15, 0.2) is 12.1 Å². The molecule has 1 aromatic rings. The maximum atomic E-state index is 13.7. The van der Waals surface area contributed by atoms with Crippen LogP contribution in [0.5, 0.6) is 0 Å². The lowest BCUT2D eigenvalue weighted by atomic mass is 10.1. The minimum absolute atomic E-state index is 0.0753. The lowest BCUT2D eigenvalue weighted by Gasteiger charge is -2.17. The van der Waals surface area contributed by atoms with Crippen molar-refractivity contribution < 1.29 is 23.1 Å². The summed E-state index contributed by atoms with van der Waals surface area (Å²) in [5.41, 5.74) is -0.598. The third-order valence-corrected chi connectivity index (χ3v) is 3.10. The predicted octanol–water partition coefficient (Wildman–Crippen LogP) is 2.10. The van der Waals surface area contributed by atoms with Crippen molar-refractivity contribution in [3.63, 3.8) is 0 Å². The molecule has 19 heavy (non-hydrogen) atoms. The Bertz CT molecular complexity index is 550. The van der Waals surface area contributed by atoms with Gasteiger partial charge in [-0.1, -0.05) is 0 Å². The van der Waals surface area contributed by atoms with Crippen molar-refractivity contribution in [2.75, 3.05) is 18.6 Å². The number of halogens is 3. The Kier molecular flexibility index (Phi) is 3.71. The Labute approximate surface area is 112 Å². The van der Waals surface area contributed by atoms with Crippen LogP contribution in [-0.4, -0.2) is 30.9 Å². The fourth-order valence-electron chi connectivity index (χ4n) is 1.91. The summed E-state index contributed by atoms with van der Waals surface area (Å²) in [6.45, 7) is 0.115. The van der Waals surface area contributed by atoms with Crippen LogP contribution in [0.4, 0.5) is 14.5 Å². The van der Waals surface area contributed by atoms with E-state index in [1.807, 2.05) is 0 Å². The highest BCUT2D eigenvalue weighted by Crippen LogP contribution is 2.29. The van der Waals surface area contributed by atoms with Gasteiger partial charge in [0.05, 0.1) is 23.7 Å². The normalized spacial score (nSPS) is 18.8. The molecule has 1 unspecified atom stereocenters. The number of methoxy groups -OCH3 is 1. The molecule has 0 aromatic heterocycles. The van der Waals surface area contributed by atoms with Gasteiger partial charge in [0, 0.05) is 19.0 Å². The molecule has 1 aromatic carbocycles. The quantitative estimate of drug-likeness (QED) is 0.619. The molecule has 0 radical (unpaired) electrons. The van der Waals surface area contributed by atoms with Crippen LogP contribution in [0, 0.1) is 11.6 Å². The zero-order chi connectivity index (χ0) is 14.2. The van der Waals surface area contributed by atoms with Gasteiger partial charge in [-0.15, -0.1) is 11.6 Å². The number of rotatable bonds is 2. The molecule has 0 bridgehead atoms. The molecule has 1 amide bonds. The third-order valence-electron chi connectivity index (χ3n) is 2.81. The molecule has 0 saturated carbocycles. The minimum Gasteiger partial charge on any atom is -0.465 e. The van der Waals surface area contributed by atoms with Crippen molar-refractivity contribution in [2.24, 2.45) is 0 Å². The number of alkyl halides is 1. The van der Waals surface area contributed by atoms with Gasteiger partial charge in [0.2, 0.25) is 5.91 Å². The van der Waals surface area contributed by atoms with Gasteiger partial charge < -0.3 is 9.64 Å². The van der Waals surface area contributed by atoms with Crippen LogP contribution >= 0.6 is 11.6 Å². The van der Waals surface area contributed by atoms with E-state index in [0.717, 1.165) is 18.1 Å². The summed E-state index contributed by atoms with van der Waals surface area (Å²) in [5.74, 6) is -3.28. The van der Waals surface area contributed by atoms with E-state index < -0.39 is 28.5 Å². The summed E-state index contributed by atoms with van der Waals surface area (Å²) in [6.07, 6.45) is 0.0753. The molecule has 0 aliphatic carbocycles. The molecule has 1 atom stereocenters. The predicted molar refractivity (Wildman–Crippen MR) is 64.3 cm³/mol. The summed E-state index contributed by atoms with van der Waals surface area (Å²) in [5, 5.41) is -0.432. The first-order valence-electron chi connectivity index (χ1n) is 5.45. The lowest BCUT2D eigenvalue weighted by molar-refractivity contribution is -0.117. The summed E-state index contributed by atoms with van der Waals surface area (Å²) in [7, 11) is 1.08. The van der Waals surface area contributed by atoms with Crippen molar-refractivity contribution in [3.05, 3.63) is 29.3 Å². The van der Waals surface area contributed by atoms with E-state index in [2.05, 4.69) is 4.74 Å². The molecule has 1 fully saturated rings. The van der Waals surface area contributed by atoms with Gasteiger partial charge in [0.15, 0.2) is 0 Å². The lowest BCUT2D eigenvalue weighted by Crippen LogP contribution is -2.26. The number of benzene rings is 1. The topological polar surface area (TPSA) is 46.6 Å². The van der Waals surface area contributed by atoms with Crippen molar-refractivity contribution >= 4 is 29.2 Å². The second-order valence-electron chi connectivity index (χ2n) is 4.08. The Morgan fingerprint density at radius 1 is 1.42 bits per heavy atom. The SMILES string of the molecule is COC(=O)c1cc(N2CC(Cl)CC2=O)c(F)cc1F.